The zero-order chi connectivity index (χ0) is 21.5. The van der Waals surface area contributed by atoms with E-state index in [1.165, 1.54) is 0 Å². The average Bonchev–Trinajstić information content (AvgIpc) is 2.75. The van der Waals surface area contributed by atoms with Crippen molar-refractivity contribution in [1.29, 1.82) is 0 Å². The van der Waals surface area contributed by atoms with E-state index in [0.717, 1.165) is 5.56 Å². The molecule has 0 spiro atoms. The molecule has 3 aromatic rings. The van der Waals surface area contributed by atoms with Gasteiger partial charge in [0.25, 0.3) is 5.91 Å². The molecule has 7 heteroatoms. The Morgan fingerprint density at radius 3 is 2.47 bits per heavy atom. The number of rotatable bonds is 7. The summed E-state index contributed by atoms with van der Waals surface area (Å²) in [6.07, 6.45) is 0. The summed E-state index contributed by atoms with van der Waals surface area (Å²) in [4.78, 5) is 26.6. The fraction of sp³-hybridized carbons (Fsp3) is 0.130. The predicted molar refractivity (Wildman–Crippen MR) is 122 cm³/mol. The van der Waals surface area contributed by atoms with Gasteiger partial charge in [-0.05, 0) is 42.0 Å². The molecule has 0 fully saturated rings. The van der Waals surface area contributed by atoms with E-state index in [-0.39, 0.29) is 18.4 Å². The van der Waals surface area contributed by atoms with Gasteiger partial charge < -0.3 is 15.5 Å². The van der Waals surface area contributed by atoms with Crippen molar-refractivity contribution in [3.8, 4) is 0 Å². The molecule has 154 valence electrons. The van der Waals surface area contributed by atoms with Gasteiger partial charge in [-0.1, -0.05) is 59.6 Å². The van der Waals surface area contributed by atoms with Crippen molar-refractivity contribution in [2.24, 2.45) is 0 Å². The zero-order valence-electron chi connectivity index (χ0n) is 16.4. The normalized spacial score (nSPS) is 10.4. The van der Waals surface area contributed by atoms with Gasteiger partial charge in [0.2, 0.25) is 5.91 Å². The van der Waals surface area contributed by atoms with E-state index in [1.54, 1.807) is 54.4 Å². The highest BCUT2D eigenvalue weighted by Crippen LogP contribution is 2.25. The molecule has 0 aliphatic rings. The number of carbonyl (C=O) groups excluding carboxylic acids is 2. The van der Waals surface area contributed by atoms with Crippen LogP contribution in [0.1, 0.15) is 15.9 Å². The van der Waals surface area contributed by atoms with E-state index in [4.69, 9.17) is 23.2 Å². The van der Waals surface area contributed by atoms with Crippen molar-refractivity contribution in [3.05, 3.63) is 94.0 Å². The molecule has 0 heterocycles. The minimum Gasteiger partial charge on any atom is -0.376 e. The third-order valence-corrected chi connectivity index (χ3v) is 4.94. The van der Waals surface area contributed by atoms with Gasteiger partial charge in [-0.2, -0.15) is 0 Å². The number of amides is 2. The SMILES string of the molecule is CN(Cc1ccccc1)C(=O)c1cccc(NCC(=O)Nc2cc(Cl)ccc2Cl)c1. The van der Waals surface area contributed by atoms with Crippen LogP contribution in [0.25, 0.3) is 0 Å². The third-order valence-electron chi connectivity index (χ3n) is 4.37. The quantitative estimate of drug-likeness (QED) is 0.521. The van der Waals surface area contributed by atoms with E-state index in [9.17, 15) is 9.59 Å². The van der Waals surface area contributed by atoms with Crippen LogP contribution in [0.4, 0.5) is 11.4 Å². The zero-order valence-corrected chi connectivity index (χ0v) is 17.9. The second-order valence-corrected chi connectivity index (χ2v) is 7.60. The van der Waals surface area contributed by atoms with Crippen molar-refractivity contribution in [2.45, 2.75) is 6.54 Å². The Bertz CT molecular complexity index is 1040. The number of anilines is 2. The molecule has 0 bridgehead atoms. The highest BCUT2D eigenvalue weighted by molar-refractivity contribution is 6.35. The van der Waals surface area contributed by atoms with E-state index in [0.29, 0.717) is 33.5 Å². The molecule has 0 aliphatic carbocycles. The Morgan fingerprint density at radius 2 is 1.70 bits per heavy atom. The van der Waals surface area contributed by atoms with Crippen LogP contribution in [-0.2, 0) is 11.3 Å². The minimum absolute atomic E-state index is 0.0142. The molecule has 0 atom stereocenters. The number of hydrogen-bond donors (Lipinski definition) is 2. The summed E-state index contributed by atoms with van der Waals surface area (Å²) in [6.45, 7) is 0.528. The van der Waals surface area contributed by atoms with Crippen LogP contribution in [-0.4, -0.2) is 30.3 Å². The smallest absolute Gasteiger partial charge is 0.253 e. The first-order chi connectivity index (χ1) is 14.4. The number of hydrogen-bond acceptors (Lipinski definition) is 3. The van der Waals surface area contributed by atoms with Crippen LogP contribution in [0.5, 0.6) is 0 Å². The first kappa shape index (κ1) is 21.7. The maximum Gasteiger partial charge on any atom is 0.253 e. The van der Waals surface area contributed by atoms with Crippen LogP contribution >= 0.6 is 23.2 Å². The lowest BCUT2D eigenvalue weighted by Gasteiger charge is -2.18. The highest BCUT2D eigenvalue weighted by Gasteiger charge is 2.13. The number of nitrogens with one attached hydrogen (secondary N) is 2. The summed E-state index contributed by atoms with van der Waals surface area (Å²) >= 11 is 12.0. The first-order valence-electron chi connectivity index (χ1n) is 9.30. The molecule has 3 aromatic carbocycles. The van der Waals surface area contributed by atoms with Crippen molar-refractivity contribution in [1.82, 2.24) is 4.90 Å². The van der Waals surface area contributed by atoms with E-state index >= 15 is 0 Å². The van der Waals surface area contributed by atoms with Gasteiger partial charge in [0.05, 0.1) is 17.3 Å². The summed E-state index contributed by atoms with van der Waals surface area (Å²) < 4.78 is 0. The van der Waals surface area contributed by atoms with Crippen molar-refractivity contribution < 1.29 is 9.59 Å². The van der Waals surface area contributed by atoms with E-state index < -0.39 is 0 Å². The highest BCUT2D eigenvalue weighted by atomic mass is 35.5. The molecule has 30 heavy (non-hydrogen) atoms. The molecule has 2 N–H and O–H groups in total. The fourth-order valence-corrected chi connectivity index (χ4v) is 3.22. The van der Waals surface area contributed by atoms with Crippen LogP contribution < -0.4 is 10.6 Å². The van der Waals surface area contributed by atoms with Crippen LogP contribution in [0.3, 0.4) is 0 Å². The van der Waals surface area contributed by atoms with Gasteiger partial charge in [0, 0.05) is 29.9 Å². The summed E-state index contributed by atoms with van der Waals surface area (Å²) in [6, 6.07) is 21.7. The van der Waals surface area contributed by atoms with Gasteiger partial charge in [0.1, 0.15) is 0 Å². The standard InChI is InChI=1S/C23H21Cl2N3O2/c1-28(15-16-6-3-2-4-7-16)23(30)17-8-5-9-19(12-17)26-14-22(29)27-21-13-18(24)10-11-20(21)25/h2-13,26H,14-15H2,1H3,(H,27,29). The number of benzene rings is 3. The molecule has 0 radical (unpaired) electrons. The average molecular weight is 442 g/mol. The molecule has 5 nitrogen and oxygen atoms in total. The van der Waals surface area contributed by atoms with Crippen molar-refractivity contribution in [3.63, 3.8) is 0 Å². The molecular weight excluding hydrogens is 421 g/mol. The molecule has 0 saturated carbocycles. The topological polar surface area (TPSA) is 61.4 Å². The molecule has 0 unspecified atom stereocenters. The second-order valence-electron chi connectivity index (χ2n) is 6.75. The van der Waals surface area contributed by atoms with Crippen LogP contribution in [0.2, 0.25) is 10.0 Å². The van der Waals surface area contributed by atoms with Crippen molar-refractivity contribution >= 4 is 46.4 Å². The summed E-state index contributed by atoms with van der Waals surface area (Å²) in [5.74, 6) is -0.380. The molecule has 0 aliphatic heterocycles. The minimum atomic E-state index is -0.280. The van der Waals surface area contributed by atoms with Crippen molar-refractivity contribution in [2.75, 3.05) is 24.2 Å². The molecule has 0 saturated heterocycles. The predicted octanol–water partition coefficient (Wildman–Crippen LogP) is 5.32. The number of halogens is 2. The summed E-state index contributed by atoms with van der Waals surface area (Å²) in [7, 11) is 1.76. The summed E-state index contributed by atoms with van der Waals surface area (Å²) in [5, 5.41) is 6.62. The monoisotopic (exact) mass is 441 g/mol. The molecule has 0 aromatic heterocycles. The Kier molecular flexibility index (Phi) is 7.33. The Balaban J connectivity index is 1.59. The molecule has 2 amide bonds. The number of nitrogens with zero attached hydrogens (tertiary/aromatic N) is 1. The Labute approximate surface area is 185 Å². The second kappa shape index (κ2) is 10.1. The van der Waals surface area contributed by atoms with Gasteiger partial charge in [-0.25, -0.2) is 0 Å². The van der Waals surface area contributed by atoms with Crippen LogP contribution in [0.15, 0.2) is 72.8 Å². The largest absolute Gasteiger partial charge is 0.376 e. The first-order valence-corrected chi connectivity index (χ1v) is 10.1. The van der Waals surface area contributed by atoms with Gasteiger partial charge in [-0.3, -0.25) is 9.59 Å². The Morgan fingerprint density at radius 1 is 0.933 bits per heavy atom. The number of carbonyl (C=O) groups is 2. The van der Waals surface area contributed by atoms with Gasteiger partial charge in [0.15, 0.2) is 0 Å². The van der Waals surface area contributed by atoms with Crippen LogP contribution in [0, 0.1) is 0 Å². The third kappa shape index (κ3) is 5.99. The van der Waals surface area contributed by atoms with E-state index in [1.807, 2.05) is 30.3 Å². The maximum absolute atomic E-state index is 12.7. The van der Waals surface area contributed by atoms with Gasteiger partial charge in [-0.15, -0.1) is 0 Å². The van der Waals surface area contributed by atoms with E-state index in [2.05, 4.69) is 10.6 Å². The fourth-order valence-electron chi connectivity index (χ4n) is 2.88. The Hall–Kier alpha value is -3.02. The maximum atomic E-state index is 12.7. The van der Waals surface area contributed by atoms with Gasteiger partial charge >= 0.3 is 0 Å². The lowest BCUT2D eigenvalue weighted by atomic mass is 10.1. The lowest BCUT2D eigenvalue weighted by molar-refractivity contribution is -0.114. The summed E-state index contributed by atoms with van der Waals surface area (Å²) in [5.41, 5.74) is 2.71. The lowest BCUT2D eigenvalue weighted by Crippen LogP contribution is -2.26. The molecule has 3 rings (SSSR count). The molecular formula is C23H21Cl2N3O2.